The smallest absolute Gasteiger partial charge is 0.326 e. The first-order valence-electron chi connectivity index (χ1n) is 12.2. The average molecular weight is 522 g/mol. The number of carbonyl (C=O) groups excluding carboxylic acids is 4. The molecule has 0 spiro atoms. The lowest BCUT2D eigenvalue weighted by molar-refractivity contribution is -0.144. The molecule has 9 N–H and O–H groups in total. The Kier molecular flexibility index (Phi) is 12.5. The maximum atomic E-state index is 13.0. The Labute approximate surface area is 216 Å². The number of amides is 4. The molecule has 1 rings (SSSR count). The molecule has 1 aromatic carbocycles. The zero-order valence-corrected chi connectivity index (χ0v) is 21.7. The van der Waals surface area contributed by atoms with Crippen molar-refractivity contribution in [3.8, 4) is 5.75 Å². The van der Waals surface area contributed by atoms with E-state index >= 15 is 0 Å². The Morgan fingerprint density at radius 2 is 1.43 bits per heavy atom. The van der Waals surface area contributed by atoms with E-state index in [1.807, 2.05) is 13.8 Å². The first-order valence-corrected chi connectivity index (χ1v) is 12.2. The van der Waals surface area contributed by atoms with Gasteiger partial charge in [0.25, 0.3) is 0 Å². The molecule has 12 heteroatoms. The number of carboxylic acid groups (broad SMARTS) is 1. The van der Waals surface area contributed by atoms with Crippen molar-refractivity contribution in [2.45, 2.75) is 77.5 Å². The lowest BCUT2D eigenvalue weighted by Crippen LogP contribution is -2.58. The van der Waals surface area contributed by atoms with E-state index in [0.29, 0.717) is 12.0 Å². The summed E-state index contributed by atoms with van der Waals surface area (Å²) >= 11 is 0. The highest BCUT2D eigenvalue weighted by atomic mass is 16.4. The van der Waals surface area contributed by atoms with E-state index in [1.54, 1.807) is 26.0 Å². The van der Waals surface area contributed by atoms with Crippen LogP contribution in [0.2, 0.25) is 0 Å². The van der Waals surface area contributed by atoms with Crippen LogP contribution >= 0.6 is 0 Å². The zero-order chi connectivity index (χ0) is 28.3. The van der Waals surface area contributed by atoms with Gasteiger partial charge in [-0.3, -0.25) is 19.2 Å². The molecule has 0 fully saturated rings. The maximum Gasteiger partial charge on any atom is 0.326 e. The molecule has 0 heterocycles. The van der Waals surface area contributed by atoms with E-state index < -0.39 is 60.2 Å². The van der Waals surface area contributed by atoms with Crippen molar-refractivity contribution in [2.75, 3.05) is 0 Å². The normalized spacial score (nSPS) is 15.1. The summed E-state index contributed by atoms with van der Waals surface area (Å²) in [6, 6.07) is 1.33. The second kappa shape index (κ2) is 14.8. The number of phenolic OH excluding ortho intramolecular Hbond substituents is 1. The van der Waals surface area contributed by atoms with E-state index in [1.165, 1.54) is 12.1 Å². The molecule has 1 aromatic rings. The molecule has 0 radical (unpaired) electrons. The number of nitrogens with two attached hydrogens (primary N) is 2. The molecule has 0 aromatic heterocycles. The predicted octanol–water partition coefficient (Wildman–Crippen LogP) is -0.231. The number of aliphatic carboxylic acids is 1. The molecular formula is C25H39N5O7. The molecule has 12 nitrogen and oxygen atoms in total. The fraction of sp³-hybridized carbons (Fsp3) is 0.560. The van der Waals surface area contributed by atoms with Gasteiger partial charge in [-0.1, -0.05) is 46.2 Å². The van der Waals surface area contributed by atoms with Gasteiger partial charge in [-0.15, -0.1) is 0 Å². The van der Waals surface area contributed by atoms with E-state index in [0.717, 1.165) is 0 Å². The number of hydrogen-bond donors (Lipinski definition) is 7. The SMILES string of the molecule is CCC(C)C(NC(=O)C(CC(C)C)NC(=O)C(CC(N)=O)NC(=O)C(N)Cc1ccc(O)cc1)C(=O)O. The second-order valence-corrected chi connectivity index (χ2v) is 9.61. The molecule has 0 aliphatic carbocycles. The van der Waals surface area contributed by atoms with Crippen LogP contribution in [0.25, 0.3) is 0 Å². The summed E-state index contributed by atoms with van der Waals surface area (Å²) < 4.78 is 0. The fourth-order valence-electron chi connectivity index (χ4n) is 3.58. The summed E-state index contributed by atoms with van der Waals surface area (Å²) in [6.07, 6.45) is 0.253. The molecule has 4 amide bonds. The van der Waals surface area contributed by atoms with E-state index in [9.17, 15) is 34.2 Å². The standard InChI is InChI=1S/C25H39N5O7/c1-5-14(4)21(25(36)37)30-24(35)18(10-13(2)3)29-23(34)19(12-20(27)32)28-22(33)17(26)11-15-6-8-16(31)9-7-15/h6-9,13-14,17-19,21,31H,5,10-12,26H2,1-4H3,(H2,27,32)(H,28,33)(H,29,34)(H,30,35)(H,36,37). The van der Waals surface area contributed by atoms with Gasteiger partial charge in [0, 0.05) is 0 Å². The van der Waals surface area contributed by atoms with Gasteiger partial charge in [-0.05, 0) is 42.4 Å². The van der Waals surface area contributed by atoms with Gasteiger partial charge in [0.2, 0.25) is 23.6 Å². The number of phenols is 1. The van der Waals surface area contributed by atoms with Crippen LogP contribution in [0.3, 0.4) is 0 Å². The van der Waals surface area contributed by atoms with Crippen LogP contribution in [0, 0.1) is 11.8 Å². The fourth-order valence-corrected chi connectivity index (χ4v) is 3.58. The minimum Gasteiger partial charge on any atom is -0.508 e. The Hall–Kier alpha value is -3.67. The van der Waals surface area contributed by atoms with Crippen molar-refractivity contribution in [3.63, 3.8) is 0 Å². The Bertz CT molecular complexity index is 951. The van der Waals surface area contributed by atoms with Gasteiger partial charge in [-0.25, -0.2) is 4.79 Å². The first-order chi connectivity index (χ1) is 17.2. The summed E-state index contributed by atoms with van der Waals surface area (Å²) in [6.45, 7) is 7.13. The maximum absolute atomic E-state index is 13.0. The zero-order valence-electron chi connectivity index (χ0n) is 21.7. The van der Waals surface area contributed by atoms with Gasteiger partial charge >= 0.3 is 5.97 Å². The van der Waals surface area contributed by atoms with Crippen LogP contribution < -0.4 is 27.4 Å². The summed E-state index contributed by atoms with van der Waals surface area (Å²) in [5.41, 5.74) is 11.9. The number of hydrogen-bond acceptors (Lipinski definition) is 7. The van der Waals surface area contributed by atoms with Crippen molar-refractivity contribution in [3.05, 3.63) is 29.8 Å². The molecule has 5 atom stereocenters. The molecule has 206 valence electrons. The Balaban J connectivity index is 2.99. The number of carbonyl (C=O) groups is 5. The lowest BCUT2D eigenvalue weighted by Gasteiger charge is -2.27. The summed E-state index contributed by atoms with van der Waals surface area (Å²) in [5, 5.41) is 26.3. The van der Waals surface area contributed by atoms with Gasteiger partial charge in [0.05, 0.1) is 12.5 Å². The van der Waals surface area contributed by atoms with Crippen molar-refractivity contribution < 1.29 is 34.2 Å². The molecular weight excluding hydrogens is 482 g/mol. The average Bonchev–Trinajstić information content (AvgIpc) is 2.81. The molecule has 0 saturated heterocycles. The third-order valence-corrected chi connectivity index (χ3v) is 5.88. The van der Waals surface area contributed by atoms with Crippen LogP contribution in [-0.2, 0) is 30.4 Å². The molecule has 5 unspecified atom stereocenters. The van der Waals surface area contributed by atoms with Crippen molar-refractivity contribution >= 4 is 29.6 Å². The van der Waals surface area contributed by atoms with Crippen LogP contribution in [0.4, 0.5) is 0 Å². The van der Waals surface area contributed by atoms with Crippen molar-refractivity contribution in [1.29, 1.82) is 0 Å². The number of rotatable bonds is 15. The molecule has 0 aliphatic rings. The summed E-state index contributed by atoms with van der Waals surface area (Å²) in [4.78, 5) is 61.9. The monoisotopic (exact) mass is 521 g/mol. The molecule has 0 saturated carbocycles. The summed E-state index contributed by atoms with van der Waals surface area (Å²) in [5.74, 6) is -4.65. The van der Waals surface area contributed by atoms with E-state index in [4.69, 9.17) is 11.5 Å². The summed E-state index contributed by atoms with van der Waals surface area (Å²) in [7, 11) is 0. The molecule has 0 bridgehead atoms. The van der Waals surface area contributed by atoms with Crippen LogP contribution in [0.15, 0.2) is 24.3 Å². The minimum absolute atomic E-state index is 0.0501. The van der Waals surface area contributed by atoms with Crippen molar-refractivity contribution in [1.82, 2.24) is 16.0 Å². The van der Waals surface area contributed by atoms with Gasteiger partial charge < -0.3 is 37.6 Å². The second-order valence-electron chi connectivity index (χ2n) is 9.61. The number of carboxylic acids is 1. The van der Waals surface area contributed by atoms with Crippen LogP contribution in [0.1, 0.15) is 52.5 Å². The highest BCUT2D eigenvalue weighted by molar-refractivity contribution is 5.96. The highest BCUT2D eigenvalue weighted by Gasteiger charge is 2.32. The van der Waals surface area contributed by atoms with Gasteiger partial charge in [-0.2, -0.15) is 0 Å². The molecule has 37 heavy (non-hydrogen) atoms. The quantitative estimate of drug-likeness (QED) is 0.163. The number of aromatic hydroxyl groups is 1. The predicted molar refractivity (Wildman–Crippen MR) is 136 cm³/mol. The third kappa shape index (κ3) is 10.9. The minimum atomic E-state index is -1.40. The van der Waals surface area contributed by atoms with E-state index in [2.05, 4.69) is 16.0 Å². The van der Waals surface area contributed by atoms with Gasteiger partial charge in [0.1, 0.15) is 23.9 Å². The van der Waals surface area contributed by atoms with Gasteiger partial charge in [0.15, 0.2) is 0 Å². The van der Waals surface area contributed by atoms with Crippen LogP contribution in [-0.4, -0.2) is 64.0 Å². The Morgan fingerprint density at radius 1 is 0.892 bits per heavy atom. The largest absolute Gasteiger partial charge is 0.508 e. The third-order valence-electron chi connectivity index (χ3n) is 5.88. The number of nitrogens with one attached hydrogen (secondary N) is 3. The number of benzene rings is 1. The highest BCUT2D eigenvalue weighted by Crippen LogP contribution is 2.12. The lowest BCUT2D eigenvalue weighted by atomic mass is 9.97. The number of primary amides is 1. The first kappa shape index (κ1) is 31.4. The molecule has 0 aliphatic heterocycles. The Morgan fingerprint density at radius 3 is 1.92 bits per heavy atom. The van der Waals surface area contributed by atoms with Crippen molar-refractivity contribution in [2.24, 2.45) is 23.3 Å². The van der Waals surface area contributed by atoms with E-state index in [-0.39, 0.29) is 30.4 Å². The van der Waals surface area contributed by atoms with Crippen LogP contribution in [0.5, 0.6) is 5.75 Å². The topological polar surface area (TPSA) is 214 Å².